The Bertz CT molecular complexity index is 878. The summed E-state index contributed by atoms with van der Waals surface area (Å²) in [7, 11) is 0. The normalized spacial score (nSPS) is 23.9. The zero-order valence-corrected chi connectivity index (χ0v) is 18.4. The predicted octanol–water partition coefficient (Wildman–Crippen LogP) is 2.64. The van der Waals surface area contributed by atoms with Crippen LogP contribution >= 0.6 is 24.0 Å². The highest BCUT2D eigenvalue weighted by Crippen LogP contribution is 2.28. The number of fused-ring (bicyclic) bond motifs is 1. The fraction of sp³-hybridized carbons (Fsp3) is 0.500. The van der Waals surface area contributed by atoms with Gasteiger partial charge in [0.1, 0.15) is 11.9 Å². The van der Waals surface area contributed by atoms with Crippen LogP contribution in [0.2, 0.25) is 5.02 Å². The van der Waals surface area contributed by atoms with Crippen LogP contribution in [-0.2, 0) is 10.2 Å². The summed E-state index contributed by atoms with van der Waals surface area (Å²) in [4.78, 5) is 13.1. The van der Waals surface area contributed by atoms with Gasteiger partial charge < -0.3 is 10.6 Å². The molecule has 2 fully saturated rings. The molecule has 0 aliphatic carbocycles. The van der Waals surface area contributed by atoms with Gasteiger partial charge in [0.05, 0.1) is 11.4 Å². The Balaban J connectivity index is 0.00000240. The third-order valence-electron chi connectivity index (χ3n) is 5.45. The minimum atomic E-state index is -0.293. The summed E-state index contributed by atoms with van der Waals surface area (Å²) >= 11 is 6.18. The van der Waals surface area contributed by atoms with Crippen LogP contribution in [0.15, 0.2) is 30.3 Å². The van der Waals surface area contributed by atoms with Crippen LogP contribution in [-0.4, -0.2) is 40.9 Å². The molecule has 1 aromatic heterocycles. The van der Waals surface area contributed by atoms with E-state index in [0.29, 0.717) is 16.9 Å². The lowest BCUT2D eigenvalue weighted by Gasteiger charge is -2.27. The molecule has 2 saturated heterocycles. The molecule has 3 heterocycles. The second kappa shape index (κ2) is 8.62. The minimum absolute atomic E-state index is 0. The number of aromatic nitrogens is 2. The molecule has 1 aromatic carbocycles. The van der Waals surface area contributed by atoms with Crippen LogP contribution < -0.4 is 21.5 Å². The third-order valence-corrected chi connectivity index (χ3v) is 5.68. The Morgan fingerprint density at radius 1 is 1.28 bits per heavy atom. The van der Waals surface area contributed by atoms with Gasteiger partial charge in [-0.15, -0.1) is 12.4 Å². The van der Waals surface area contributed by atoms with Gasteiger partial charge in [0, 0.05) is 35.0 Å². The number of amides is 1. The van der Waals surface area contributed by atoms with Gasteiger partial charge in [-0.1, -0.05) is 38.4 Å². The summed E-state index contributed by atoms with van der Waals surface area (Å²) in [6.45, 7) is 8.10. The van der Waals surface area contributed by atoms with Gasteiger partial charge >= 0.3 is 0 Å². The van der Waals surface area contributed by atoms with Crippen LogP contribution in [0.3, 0.4) is 0 Å². The summed E-state index contributed by atoms with van der Waals surface area (Å²) in [5, 5.41) is 11.8. The van der Waals surface area contributed by atoms with Gasteiger partial charge in [-0.2, -0.15) is 5.10 Å². The molecule has 9 heteroatoms. The molecule has 29 heavy (non-hydrogen) atoms. The van der Waals surface area contributed by atoms with Crippen LogP contribution in [0.25, 0.3) is 5.69 Å². The average molecular weight is 439 g/mol. The lowest BCUT2D eigenvalue weighted by Crippen LogP contribution is -2.47. The van der Waals surface area contributed by atoms with Gasteiger partial charge in [-0.3, -0.25) is 10.2 Å². The highest BCUT2D eigenvalue weighted by Gasteiger charge is 2.41. The molecule has 0 spiro atoms. The third kappa shape index (κ3) is 4.59. The number of nitrogens with one attached hydrogen (secondary N) is 4. The van der Waals surface area contributed by atoms with Crippen molar-refractivity contribution in [2.24, 2.45) is 5.92 Å². The Labute approximate surface area is 182 Å². The number of hydrogen-bond donors (Lipinski definition) is 4. The minimum Gasteiger partial charge on any atom is -0.316 e. The van der Waals surface area contributed by atoms with Crippen molar-refractivity contribution in [3.8, 4) is 5.69 Å². The molecule has 7 nitrogen and oxygen atoms in total. The zero-order chi connectivity index (χ0) is 19.9. The Kier molecular flexibility index (Phi) is 6.55. The summed E-state index contributed by atoms with van der Waals surface area (Å²) in [5.74, 6) is 0.803. The van der Waals surface area contributed by atoms with E-state index < -0.39 is 0 Å². The van der Waals surface area contributed by atoms with Crippen molar-refractivity contribution in [1.29, 1.82) is 0 Å². The van der Waals surface area contributed by atoms with Gasteiger partial charge in [-0.25, -0.2) is 10.1 Å². The van der Waals surface area contributed by atoms with Crippen molar-refractivity contribution < 1.29 is 4.79 Å². The highest BCUT2D eigenvalue weighted by molar-refractivity contribution is 6.30. The zero-order valence-electron chi connectivity index (χ0n) is 16.8. The predicted molar refractivity (Wildman–Crippen MR) is 118 cm³/mol. The van der Waals surface area contributed by atoms with Crippen molar-refractivity contribution in [2.45, 2.75) is 44.7 Å². The lowest BCUT2D eigenvalue weighted by atomic mass is 9.89. The molecule has 1 amide bonds. The Morgan fingerprint density at radius 2 is 2.07 bits per heavy atom. The topological polar surface area (TPSA) is 83.0 Å². The monoisotopic (exact) mass is 438 g/mol. The van der Waals surface area contributed by atoms with Crippen molar-refractivity contribution in [1.82, 2.24) is 25.9 Å². The standard InChI is InChI=1S/C20H27ClN6O.ClH/c1-20(2,3)16-10-17(27(26-16)13-6-4-5-12(21)9-13)23-19(28)18-14-11-22-8-7-15(14)24-25-18;/h4-6,9-10,14-15,18,22,24-25H,7-8,11H2,1-3H3,(H,23,28);1H. The van der Waals surface area contributed by atoms with E-state index in [1.165, 1.54) is 0 Å². The van der Waals surface area contributed by atoms with Crippen LogP contribution in [0.1, 0.15) is 32.9 Å². The van der Waals surface area contributed by atoms with E-state index in [-0.39, 0.29) is 35.7 Å². The Morgan fingerprint density at radius 3 is 2.79 bits per heavy atom. The molecule has 3 unspecified atom stereocenters. The van der Waals surface area contributed by atoms with E-state index in [1.807, 2.05) is 30.3 Å². The maximum atomic E-state index is 13.1. The second-order valence-electron chi connectivity index (χ2n) is 8.58. The fourth-order valence-electron chi connectivity index (χ4n) is 3.82. The molecule has 158 valence electrons. The first-order valence-corrected chi connectivity index (χ1v) is 10.1. The molecular formula is C20H28Cl2N6O. The van der Waals surface area contributed by atoms with Crippen molar-refractivity contribution in [3.05, 3.63) is 41.0 Å². The average Bonchev–Trinajstić information content (AvgIpc) is 3.25. The number of hydrogen-bond acceptors (Lipinski definition) is 5. The van der Waals surface area contributed by atoms with Crippen molar-refractivity contribution in [2.75, 3.05) is 18.4 Å². The smallest absolute Gasteiger partial charge is 0.244 e. The quantitative estimate of drug-likeness (QED) is 0.591. The summed E-state index contributed by atoms with van der Waals surface area (Å²) in [6.07, 6.45) is 1.01. The Hall–Kier alpha value is -1.64. The molecular weight excluding hydrogens is 411 g/mol. The molecule has 2 aliphatic rings. The highest BCUT2D eigenvalue weighted by atomic mass is 35.5. The maximum Gasteiger partial charge on any atom is 0.244 e. The van der Waals surface area contributed by atoms with Crippen LogP contribution in [0.4, 0.5) is 5.82 Å². The first-order valence-electron chi connectivity index (χ1n) is 9.72. The van der Waals surface area contributed by atoms with E-state index in [0.717, 1.165) is 30.9 Å². The van der Waals surface area contributed by atoms with E-state index in [4.69, 9.17) is 16.7 Å². The van der Waals surface area contributed by atoms with E-state index >= 15 is 0 Å². The first kappa shape index (κ1) is 22.1. The fourth-order valence-corrected chi connectivity index (χ4v) is 4.01. The van der Waals surface area contributed by atoms with Crippen molar-refractivity contribution >= 4 is 35.7 Å². The van der Waals surface area contributed by atoms with Gasteiger partial charge in [0.2, 0.25) is 5.91 Å². The van der Waals surface area contributed by atoms with Crippen LogP contribution in [0.5, 0.6) is 0 Å². The molecule has 4 rings (SSSR count). The molecule has 4 N–H and O–H groups in total. The molecule has 0 bridgehead atoms. The number of anilines is 1. The number of piperidine rings is 1. The van der Waals surface area contributed by atoms with Gasteiger partial charge in [0.25, 0.3) is 0 Å². The lowest BCUT2D eigenvalue weighted by molar-refractivity contribution is -0.118. The summed E-state index contributed by atoms with van der Waals surface area (Å²) < 4.78 is 1.75. The molecule has 3 atom stereocenters. The number of benzene rings is 1. The van der Waals surface area contributed by atoms with Gasteiger partial charge in [-0.05, 0) is 31.2 Å². The van der Waals surface area contributed by atoms with E-state index in [2.05, 4.69) is 42.3 Å². The second-order valence-corrected chi connectivity index (χ2v) is 9.01. The number of carbonyl (C=O) groups excluding carboxylic acids is 1. The molecule has 2 aliphatic heterocycles. The number of hydrazine groups is 1. The molecule has 2 aromatic rings. The van der Waals surface area contributed by atoms with E-state index in [1.54, 1.807) is 4.68 Å². The number of nitrogens with zero attached hydrogens (tertiary/aromatic N) is 2. The molecule has 0 radical (unpaired) electrons. The maximum absolute atomic E-state index is 13.1. The molecule has 0 saturated carbocycles. The number of rotatable bonds is 3. The van der Waals surface area contributed by atoms with E-state index in [9.17, 15) is 4.79 Å². The first-order chi connectivity index (χ1) is 13.3. The number of carbonyl (C=O) groups is 1. The van der Waals surface area contributed by atoms with Gasteiger partial charge in [0.15, 0.2) is 0 Å². The SMILES string of the molecule is CC(C)(C)c1cc(NC(=O)C2NNC3CCNCC32)n(-c2cccc(Cl)c2)n1.Cl. The van der Waals surface area contributed by atoms with Crippen molar-refractivity contribution in [3.63, 3.8) is 0 Å². The number of halogens is 2. The summed E-state index contributed by atoms with van der Waals surface area (Å²) in [5.41, 5.74) is 8.01. The largest absolute Gasteiger partial charge is 0.316 e. The van der Waals surface area contributed by atoms with Crippen LogP contribution in [0, 0.1) is 5.92 Å². The summed E-state index contributed by atoms with van der Waals surface area (Å²) in [6, 6.07) is 9.44.